The van der Waals surface area contributed by atoms with Crippen molar-refractivity contribution in [3.8, 4) is 0 Å². The summed E-state index contributed by atoms with van der Waals surface area (Å²) in [5, 5.41) is 39.3. The molecule has 2 aromatic rings. The van der Waals surface area contributed by atoms with Crippen LogP contribution in [0.25, 0.3) is 11.2 Å². The van der Waals surface area contributed by atoms with Gasteiger partial charge in [-0.15, -0.1) is 0 Å². The van der Waals surface area contributed by atoms with Crippen LogP contribution in [-0.4, -0.2) is 64.9 Å². The highest BCUT2D eigenvalue weighted by Gasteiger charge is 2.55. The molecule has 3 rings (SSSR count). The highest BCUT2D eigenvalue weighted by atomic mass is 35.5. The van der Waals surface area contributed by atoms with E-state index in [-0.39, 0.29) is 16.3 Å². The molecule has 0 bridgehead atoms. The number of aliphatic hydroxyl groups is 4. The highest BCUT2D eigenvalue weighted by Crippen LogP contribution is 2.35. The summed E-state index contributed by atoms with van der Waals surface area (Å²) in [7, 11) is 0. The molecule has 0 radical (unpaired) electrons. The van der Waals surface area contributed by atoms with Crippen LogP contribution in [0, 0.1) is 0 Å². The van der Waals surface area contributed by atoms with E-state index in [0.717, 1.165) is 17.2 Å². The first-order chi connectivity index (χ1) is 9.49. The molecular formula is C10H11ClN4O5. The van der Waals surface area contributed by atoms with Gasteiger partial charge in [0.1, 0.15) is 30.4 Å². The summed E-state index contributed by atoms with van der Waals surface area (Å²) in [4.78, 5) is 11.6. The maximum absolute atomic E-state index is 10.5. The van der Waals surface area contributed by atoms with Crippen molar-refractivity contribution in [3.63, 3.8) is 0 Å². The highest BCUT2D eigenvalue weighted by molar-refractivity contribution is 6.33. The van der Waals surface area contributed by atoms with E-state index in [0.29, 0.717) is 0 Å². The summed E-state index contributed by atoms with van der Waals surface area (Å²) in [6.07, 6.45) is -1.97. The van der Waals surface area contributed by atoms with Crippen LogP contribution < -0.4 is 0 Å². The summed E-state index contributed by atoms with van der Waals surface area (Å²) in [6, 6.07) is 0. The van der Waals surface area contributed by atoms with Crippen molar-refractivity contribution in [2.45, 2.75) is 24.2 Å². The van der Waals surface area contributed by atoms with Gasteiger partial charge in [0, 0.05) is 0 Å². The average Bonchev–Trinajstić information content (AvgIpc) is 2.96. The molecule has 0 aromatic carbocycles. The van der Waals surface area contributed by atoms with E-state index in [1.807, 2.05) is 0 Å². The van der Waals surface area contributed by atoms with E-state index in [1.54, 1.807) is 0 Å². The quantitative estimate of drug-likeness (QED) is 0.477. The molecule has 4 atom stereocenters. The number of nitrogens with zero attached hydrogens (tertiary/aromatic N) is 4. The molecule has 20 heavy (non-hydrogen) atoms. The third-order valence-corrected chi connectivity index (χ3v) is 3.51. The van der Waals surface area contributed by atoms with Crippen LogP contribution in [0.15, 0.2) is 12.7 Å². The number of fused-ring (bicyclic) bond motifs is 1. The van der Waals surface area contributed by atoms with E-state index < -0.39 is 30.8 Å². The zero-order chi connectivity index (χ0) is 14.5. The maximum atomic E-state index is 10.5. The fourth-order valence-corrected chi connectivity index (χ4v) is 2.35. The predicted octanol–water partition coefficient (Wildman–Crippen LogP) is -1.80. The number of ether oxygens (including phenoxy) is 1. The number of halogens is 1. The van der Waals surface area contributed by atoms with E-state index in [2.05, 4.69) is 15.0 Å². The molecule has 0 aliphatic carbocycles. The van der Waals surface area contributed by atoms with Crippen LogP contribution in [-0.2, 0) is 10.6 Å². The lowest BCUT2D eigenvalue weighted by molar-refractivity contribution is -0.287. The van der Waals surface area contributed by atoms with Crippen LogP contribution in [0.1, 0.15) is 0 Å². The minimum absolute atomic E-state index is 0.0732. The van der Waals surface area contributed by atoms with E-state index in [9.17, 15) is 15.3 Å². The smallest absolute Gasteiger partial charge is 0.286 e. The molecule has 0 amide bonds. The summed E-state index contributed by atoms with van der Waals surface area (Å²) in [5.41, 5.74) is 0.331. The Morgan fingerprint density at radius 2 is 2.10 bits per heavy atom. The maximum Gasteiger partial charge on any atom is 0.286 e. The second kappa shape index (κ2) is 4.58. The van der Waals surface area contributed by atoms with Gasteiger partial charge < -0.3 is 25.2 Å². The van der Waals surface area contributed by atoms with Gasteiger partial charge in [-0.25, -0.2) is 15.0 Å². The van der Waals surface area contributed by atoms with E-state index >= 15 is 0 Å². The third kappa shape index (κ3) is 1.72. The van der Waals surface area contributed by atoms with Crippen molar-refractivity contribution in [2.75, 3.05) is 6.61 Å². The zero-order valence-electron chi connectivity index (χ0n) is 9.96. The molecule has 1 aliphatic rings. The Bertz CT molecular complexity index is 652. The number of aliphatic hydroxyl groups excluding tert-OH is 3. The molecule has 3 heterocycles. The van der Waals surface area contributed by atoms with Crippen molar-refractivity contribution in [1.29, 1.82) is 0 Å². The van der Waals surface area contributed by atoms with Gasteiger partial charge in [-0.2, -0.15) is 0 Å². The Hall–Kier alpha value is -1.36. The van der Waals surface area contributed by atoms with Gasteiger partial charge in [0.2, 0.25) is 0 Å². The van der Waals surface area contributed by atoms with Crippen LogP contribution in [0.3, 0.4) is 0 Å². The molecule has 4 N–H and O–H groups in total. The van der Waals surface area contributed by atoms with Crippen LogP contribution >= 0.6 is 11.6 Å². The standard InChI is InChI=1S/C10H11ClN4O5/c11-8-5-9(13-2-12-8)15(3-14-5)10(19)7(18)6(17)4(1-16)20-10/h2-4,6-7,16-19H,1H2/t4-,6-,7-,10+/m1/s1. The molecule has 1 fully saturated rings. The van der Waals surface area contributed by atoms with Crippen molar-refractivity contribution < 1.29 is 25.2 Å². The molecule has 0 unspecified atom stereocenters. The van der Waals surface area contributed by atoms with Gasteiger partial charge in [0.25, 0.3) is 5.91 Å². The molecule has 1 aliphatic heterocycles. The Balaban J connectivity index is 2.13. The van der Waals surface area contributed by atoms with Gasteiger partial charge >= 0.3 is 0 Å². The van der Waals surface area contributed by atoms with Crippen molar-refractivity contribution >= 4 is 22.8 Å². The average molecular weight is 303 g/mol. The topological polar surface area (TPSA) is 134 Å². The largest absolute Gasteiger partial charge is 0.394 e. The fourth-order valence-electron chi connectivity index (χ4n) is 2.17. The van der Waals surface area contributed by atoms with Gasteiger partial charge in [-0.1, -0.05) is 11.6 Å². The lowest BCUT2D eigenvalue weighted by atomic mass is 10.1. The molecule has 0 spiro atoms. The van der Waals surface area contributed by atoms with Crippen molar-refractivity contribution in [2.24, 2.45) is 0 Å². The Labute approximate surface area is 117 Å². The van der Waals surface area contributed by atoms with E-state index in [4.69, 9.17) is 21.4 Å². The SMILES string of the molecule is OC[C@H]1O[C@](O)(n2cnc3c(Cl)ncnc32)[C@H](O)[C@@H]1O. The Kier molecular flexibility index (Phi) is 3.12. The van der Waals surface area contributed by atoms with Crippen LogP contribution in [0.2, 0.25) is 5.15 Å². The number of aromatic nitrogens is 4. The molecule has 108 valence electrons. The molecular weight excluding hydrogens is 292 g/mol. The minimum atomic E-state index is -2.31. The Morgan fingerprint density at radius 1 is 1.35 bits per heavy atom. The fraction of sp³-hybridized carbons (Fsp3) is 0.500. The monoisotopic (exact) mass is 302 g/mol. The van der Waals surface area contributed by atoms with Gasteiger partial charge in [-0.05, 0) is 0 Å². The van der Waals surface area contributed by atoms with Crippen LogP contribution in [0.5, 0.6) is 0 Å². The van der Waals surface area contributed by atoms with Crippen molar-refractivity contribution in [3.05, 3.63) is 17.8 Å². The molecule has 2 aromatic heterocycles. The first-order valence-corrected chi connectivity index (χ1v) is 6.08. The molecule has 9 nitrogen and oxygen atoms in total. The van der Waals surface area contributed by atoms with Crippen LogP contribution in [0.4, 0.5) is 0 Å². The zero-order valence-corrected chi connectivity index (χ0v) is 10.7. The van der Waals surface area contributed by atoms with E-state index in [1.165, 1.54) is 0 Å². The summed E-state index contributed by atoms with van der Waals surface area (Å²) < 4.78 is 6.17. The minimum Gasteiger partial charge on any atom is -0.394 e. The molecule has 10 heteroatoms. The van der Waals surface area contributed by atoms with Gasteiger partial charge in [-0.3, -0.25) is 4.57 Å². The number of rotatable bonds is 2. The molecule has 1 saturated heterocycles. The first-order valence-electron chi connectivity index (χ1n) is 5.70. The number of hydrogen-bond donors (Lipinski definition) is 4. The Morgan fingerprint density at radius 3 is 2.75 bits per heavy atom. The number of hydrogen-bond acceptors (Lipinski definition) is 8. The summed E-state index contributed by atoms with van der Waals surface area (Å²) in [5.74, 6) is -2.31. The normalized spacial score (nSPS) is 34.0. The first kappa shape index (κ1) is 13.6. The van der Waals surface area contributed by atoms with Gasteiger partial charge in [0.15, 0.2) is 16.9 Å². The third-order valence-electron chi connectivity index (χ3n) is 3.23. The summed E-state index contributed by atoms with van der Waals surface area (Å²) >= 11 is 5.84. The second-order valence-corrected chi connectivity index (χ2v) is 4.74. The van der Waals surface area contributed by atoms with Gasteiger partial charge in [0.05, 0.1) is 6.61 Å². The molecule has 0 saturated carbocycles. The lowest BCUT2D eigenvalue weighted by Gasteiger charge is -2.27. The van der Waals surface area contributed by atoms with Crippen molar-refractivity contribution in [1.82, 2.24) is 19.5 Å². The number of imidazole rings is 1. The second-order valence-electron chi connectivity index (χ2n) is 4.38. The lowest BCUT2D eigenvalue weighted by Crippen LogP contribution is -2.45. The summed E-state index contributed by atoms with van der Waals surface area (Å²) in [6.45, 7) is -0.567. The predicted molar refractivity (Wildman–Crippen MR) is 64.5 cm³/mol.